The summed E-state index contributed by atoms with van der Waals surface area (Å²) in [6.07, 6.45) is -8.32. The molecule has 1 unspecified atom stereocenters. The monoisotopic (exact) mass is 248 g/mol. The molecule has 1 atom stereocenters. The predicted molar refractivity (Wildman–Crippen MR) is 53.8 cm³/mol. The lowest BCUT2D eigenvalue weighted by Crippen LogP contribution is -2.51. The van der Waals surface area contributed by atoms with Crippen LogP contribution >= 0.6 is 0 Å². The number of hydrogen-bond donors (Lipinski definition) is 2. The van der Waals surface area contributed by atoms with Gasteiger partial charge in [0, 0.05) is 0 Å². The second kappa shape index (κ2) is 5.53. The van der Waals surface area contributed by atoms with Crippen molar-refractivity contribution in [2.75, 3.05) is 0 Å². The largest absolute Gasteiger partial charge is 0.445 e. The summed E-state index contributed by atoms with van der Waals surface area (Å²) >= 11 is 0. The van der Waals surface area contributed by atoms with Crippen molar-refractivity contribution in [1.29, 1.82) is 0 Å². The number of alkyl carbamates (subject to hydrolysis) is 1. The van der Waals surface area contributed by atoms with E-state index in [1.807, 2.05) is 0 Å². The second-order valence-electron chi connectivity index (χ2n) is 3.23. The molecule has 0 bridgehead atoms. The number of hydrogen-bond acceptors (Lipinski definition) is 3. The fourth-order valence-corrected chi connectivity index (χ4v) is 0.974. The van der Waals surface area contributed by atoms with E-state index in [1.165, 1.54) is 5.32 Å². The van der Waals surface area contributed by atoms with E-state index < -0.39 is 18.4 Å². The van der Waals surface area contributed by atoms with Crippen LogP contribution in [-0.4, -0.2) is 18.4 Å². The van der Waals surface area contributed by atoms with Crippen LogP contribution in [0.2, 0.25) is 0 Å². The summed E-state index contributed by atoms with van der Waals surface area (Å²) in [5.74, 6) is 0. The average Bonchev–Trinajstić information content (AvgIpc) is 2.26. The Morgan fingerprint density at radius 2 is 1.94 bits per heavy atom. The van der Waals surface area contributed by atoms with Crippen molar-refractivity contribution < 1.29 is 22.7 Å². The van der Waals surface area contributed by atoms with Crippen LogP contribution in [0.5, 0.6) is 0 Å². The first-order valence-electron chi connectivity index (χ1n) is 4.69. The quantitative estimate of drug-likeness (QED) is 0.801. The van der Waals surface area contributed by atoms with E-state index in [4.69, 9.17) is 0 Å². The van der Waals surface area contributed by atoms with Gasteiger partial charge in [0.1, 0.15) is 6.61 Å². The van der Waals surface area contributed by atoms with Crippen LogP contribution in [0.4, 0.5) is 18.0 Å². The van der Waals surface area contributed by atoms with Gasteiger partial charge in [0.15, 0.2) is 6.17 Å². The average molecular weight is 248 g/mol. The highest BCUT2D eigenvalue weighted by Gasteiger charge is 2.38. The molecule has 0 spiro atoms. The Morgan fingerprint density at radius 3 is 2.47 bits per heavy atom. The molecule has 0 aliphatic carbocycles. The van der Waals surface area contributed by atoms with Crippen molar-refractivity contribution in [2.45, 2.75) is 18.9 Å². The Labute approximate surface area is 95.6 Å². The van der Waals surface area contributed by atoms with E-state index >= 15 is 0 Å². The summed E-state index contributed by atoms with van der Waals surface area (Å²) in [4.78, 5) is 11.0. The van der Waals surface area contributed by atoms with Crippen molar-refractivity contribution >= 4 is 6.09 Å². The number of carbonyl (C=O) groups is 1. The zero-order valence-corrected chi connectivity index (χ0v) is 8.70. The number of benzene rings is 1. The molecular weight excluding hydrogens is 237 g/mol. The van der Waals surface area contributed by atoms with Crippen molar-refractivity contribution in [3.63, 3.8) is 0 Å². The van der Waals surface area contributed by atoms with Gasteiger partial charge in [-0.3, -0.25) is 5.32 Å². The third-order valence-corrected chi connectivity index (χ3v) is 1.84. The second-order valence-corrected chi connectivity index (χ2v) is 3.23. The number of alkyl halides is 3. The molecule has 0 aromatic heterocycles. The molecule has 1 aromatic carbocycles. The Balaban J connectivity index is 2.36. The molecule has 3 N–H and O–H groups in total. The molecule has 7 heteroatoms. The Kier molecular flexibility index (Phi) is 4.33. The molecule has 0 saturated carbocycles. The van der Waals surface area contributed by atoms with E-state index in [9.17, 15) is 18.0 Å². The van der Waals surface area contributed by atoms with Gasteiger partial charge >= 0.3 is 12.3 Å². The maximum atomic E-state index is 12.0. The molecule has 0 saturated heterocycles. The summed E-state index contributed by atoms with van der Waals surface area (Å²) in [5.41, 5.74) is 5.35. The first-order valence-corrected chi connectivity index (χ1v) is 4.69. The lowest BCUT2D eigenvalue weighted by Gasteiger charge is -2.16. The number of halogens is 3. The fourth-order valence-electron chi connectivity index (χ4n) is 0.974. The van der Waals surface area contributed by atoms with Gasteiger partial charge in [0.25, 0.3) is 0 Å². The van der Waals surface area contributed by atoms with Crippen LogP contribution in [-0.2, 0) is 11.3 Å². The number of ether oxygens (including phenoxy) is 1. The molecule has 0 aliphatic heterocycles. The summed E-state index contributed by atoms with van der Waals surface area (Å²) in [7, 11) is 0. The highest BCUT2D eigenvalue weighted by molar-refractivity contribution is 5.67. The van der Waals surface area contributed by atoms with Gasteiger partial charge < -0.3 is 10.5 Å². The summed E-state index contributed by atoms with van der Waals surface area (Å²) < 4.78 is 40.5. The first kappa shape index (κ1) is 13.3. The molecular formula is C10H11F3N2O2. The van der Waals surface area contributed by atoms with Crippen LogP contribution in [0.3, 0.4) is 0 Å². The minimum Gasteiger partial charge on any atom is -0.445 e. The van der Waals surface area contributed by atoms with Crippen LogP contribution in [0.15, 0.2) is 30.3 Å². The molecule has 1 aromatic rings. The summed E-state index contributed by atoms with van der Waals surface area (Å²) in [6.45, 7) is -0.114. The maximum Gasteiger partial charge on any atom is 0.422 e. The van der Waals surface area contributed by atoms with Gasteiger partial charge in [0.2, 0.25) is 0 Å². The van der Waals surface area contributed by atoms with Crippen molar-refractivity contribution in [1.82, 2.24) is 5.32 Å². The molecule has 0 heterocycles. The molecule has 0 aliphatic rings. The molecule has 0 radical (unpaired) electrons. The Hall–Kier alpha value is -1.76. The molecule has 4 nitrogen and oxygen atoms in total. The van der Waals surface area contributed by atoms with Crippen LogP contribution in [0.25, 0.3) is 0 Å². The number of amides is 1. The molecule has 0 fully saturated rings. The first-order chi connectivity index (χ1) is 7.89. The van der Waals surface area contributed by atoms with Crippen LogP contribution in [0.1, 0.15) is 5.56 Å². The number of carbonyl (C=O) groups excluding carboxylic acids is 1. The van der Waals surface area contributed by atoms with E-state index in [0.717, 1.165) is 0 Å². The number of nitrogens with one attached hydrogen (secondary N) is 1. The zero-order valence-electron chi connectivity index (χ0n) is 8.70. The minimum atomic E-state index is -4.69. The van der Waals surface area contributed by atoms with Gasteiger partial charge in [-0.2, -0.15) is 13.2 Å². The maximum absolute atomic E-state index is 12.0. The lowest BCUT2D eigenvalue weighted by atomic mass is 10.2. The van der Waals surface area contributed by atoms with E-state index in [0.29, 0.717) is 5.56 Å². The normalized spacial score (nSPS) is 12.9. The van der Waals surface area contributed by atoms with Gasteiger partial charge in [-0.1, -0.05) is 30.3 Å². The SMILES string of the molecule is NC(NC(=O)OCc1ccccc1)C(F)(F)F. The Bertz CT molecular complexity index is 368. The van der Waals surface area contributed by atoms with Gasteiger partial charge in [-0.15, -0.1) is 0 Å². The third-order valence-electron chi connectivity index (χ3n) is 1.84. The molecule has 17 heavy (non-hydrogen) atoms. The lowest BCUT2D eigenvalue weighted by molar-refractivity contribution is -0.152. The Morgan fingerprint density at radius 1 is 1.35 bits per heavy atom. The molecule has 1 rings (SSSR count). The summed E-state index contributed by atoms with van der Waals surface area (Å²) in [6, 6.07) is 8.56. The molecule has 94 valence electrons. The number of nitrogens with two attached hydrogens (primary N) is 1. The van der Waals surface area contributed by atoms with Crippen molar-refractivity contribution in [3.05, 3.63) is 35.9 Å². The zero-order chi connectivity index (χ0) is 12.9. The summed E-state index contributed by atoms with van der Waals surface area (Å²) in [5, 5.41) is 1.48. The van der Waals surface area contributed by atoms with Gasteiger partial charge in [-0.05, 0) is 5.56 Å². The standard InChI is InChI=1S/C10H11F3N2O2/c11-10(12,13)8(14)15-9(16)17-6-7-4-2-1-3-5-7/h1-5,8H,6,14H2,(H,15,16). The van der Waals surface area contributed by atoms with E-state index in [-0.39, 0.29) is 6.61 Å². The van der Waals surface area contributed by atoms with Crippen LogP contribution < -0.4 is 11.1 Å². The van der Waals surface area contributed by atoms with Crippen LogP contribution in [0, 0.1) is 0 Å². The van der Waals surface area contributed by atoms with Gasteiger partial charge in [0.05, 0.1) is 0 Å². The smallest absolute Gasteiger partial charge is 0.422 e. The van der Waals surface area contributed by atoms with E-state index in [1.54, 1.807) is 30.3 Å². The fraction of sp³-hybridized carbons (Fsp3) is 0.300. The highest BCUT2D eigenvalue weighted by atomic mass is 19.4. The van der Waals surface area contributed by atoms with Crippen molar-refractivity contribution in [3.8, 4) is 0 Å². The van der Waals surface area contributed by atoms with Gasteiger partial charge in [-0.25, -0.2) is 4.79 Å². The topological polar surface area (TPSA) is 64.3 Å². The number of rotatable bonds is 3. The van der Waals surface area contributed by atoms with Crippen molar-refractivity contribution in [2.24, 2.45) is 5.73 Å². The minimum absolute atomic E-state index is 0.114. The van der Waals surface area contributed by atoms with E-state index in [2.05, 4.69) is 10.5 Å². The molecule has 1 amide bonds. The highest BCUT2D eigenvalue weighted by Crippen LogP contribution is 2.16. The predicted octanol–water partition coefficient (Wildman–Crippen LogP) is 1.76. The third kappa shape index (κ3) is 4.73.